The van der Waals surface area contributed by atoms with Crippen LogP contribution in [0.25, 0.3) is 0 Å². The zero-order valence-electron chi connectivity index (χ0n) is 34.0. The monoisotopic (exact) mass is 880 g/mol. The van der Waals surface area contributed by atoms with Gasteiger partial charge in [-0.3, -0.25) is 9.59 Å². The van der Waals surface area contributed by atoms with Crippen molar-refractivity contribution < 1.29 is 127 Å². The maximum Gasteiger partial charge on any atom is 1.00 e. The van der Waals surface area contributed by atoms with Crippen molar-refractivity contribution in [3.05, 3.63) is 83.0 Å². The molecule has 12 N–H and O–H groups in total. The Balaban J connectivity index is 0.000000227. The molecule has 0 aliphatic carbocycles. The predicted molar refractivity (Wildman–Crippen MR) is 208 cm³/mol. The molecule has 0 saturated carbocycles. The molecule has 0 bridgehead atoms. The summed E-state index contributed by atoms with van der Waals surface area (Å²) in [5.41, 5.74) is 13.4. The van der Waals surface area contributed by atoms with Crippen LogP contribution < -0.4 is 89.4 Å². The van der Waals surface area contributed by atoms with Crippen LogP contribution in [0.1, 0.15) is 68.2 Å². The van der Waals surface area contributed by atoms with E-state index in [2.05, 4.69) is 19.9 Å². The number of aromatic carboxylic acids is 2. The van der Waals surface area contributed by atoms with Gasteiger partial charge in [0, 0.05) is 38.3 Å². The van der Waals surface area contributed by atoms with Crippen molar-refractivity contribution in [1.82, 2.24) is 29.7 Å². The zero-order chi connectivity index (χ0) is 42.9. The average molecular weight is 880 g/mol. The quantitative estimate of drug-likeness (QED) is 0.0662. The Morgan fingerprint density at radius 3 is 1.42 bits per heavy atom. The minimum absolute atomic E-state index is 0. The Morgan fingerprint density at radius 1 is 0.694 bits per heavy atom. The number of rotatable bonds is 10. The summed E-state index contributed by atoms with van der Waals surface area (Å²) in [5, 5.41) is 58.7. The van der Waals surface area contributed by atoms with E-state index in [1.807, 2.05) is 0 Å². The molecule has 2 unspecified atom stereocenters. The summed E-state index contributed by atoms with van der Waals surface area (Å²) in [6, 6.07) is 4.56. The van der Waals surface area contributed by atoms with Gasteiger partial charge in [-0.2, -0.15) is 0 Å². The van der Waals surface area contributed by atoms with Crippen LogP contribution in [0.3, 0.4) is 0 Å². The van der Waals surface area contributed by atoms with E-state index in [0.29, 0.717) is 48.4 Å². The van der Waals surface area contributed by atoms with Crippen LogP contribution in [0.2, 0.25) is 12.6 Å². The van der Waals surface area contributed by atoms with Crippen molar-refractivity contribution in [1.29, 1.82) is 0 Å². The Kier molecular flexibility index (Phi) is 15.9. The summed E-state index contributed by atoms with van der Waals surface area (Å²) in [5.74, 6) is -3.30. The standard InChI is InChI=1S/2C18H22BN4O7.2Na/c2*20-15(12-7-21-9-22-12)17(24)23-6-4-11(8-23)29-13-2-1-10-3-5-19(27,28)30-16(10)14(13)18(25)26;;/h2*1-2,7,9,11,15,27-28H,3-6,8,20H2,(H,21,22)(H,25,26);;/q2*-1;2*+1/t2*11-,15?;;/m00../s1. The summed E-state index contributed by atoms with van der Waals surface area (Å²) < 4.78 is 22.1. The smallest absolute Gasteiger partial charge is 0.669 e. The van der Waals surface area contributed by atoms with E-state index < -0.39 is 49.7 Å². The van der Waals surface area contributed by atoms with Gasteiger partial charge in [0.25, 0.3) is 0 Å². The van der Waals surface area contributed by atoms with Gasteiger partial charge >= 0.3 is 84.6 Å². The Bertz CT molecular complexity index is 2100. The molecule has 26 heteroatoms. The number of H-pyrrole nitrogens is 2. The van der Waals surface area contributed by atoms with E-state index in [-0.39, 0.29) is 144 Å². The minimum Gasteiger partial charge on any atom is -0.669 e. The zero-order valence-corrected chi connectivity index (χ0v) is 38.0. The van der Waals surface area contributed by atoms with Gasteiger partial charge in [-0.05, 0) is 36.1 Å². The van der Waals surface area contributed by atoms with Gasteiger partial charge in [-0.1, -0.05) is 24.8 Å². The number of nitrogens with two attached hydrogens (primary N) is 2. The third-order valence-corrected chi connectivity index (χ3v) is 10.7. The van der Waals surface area contributed by atoms with E-state index in [1.54, 1.807) is 34.3 Å². The number of ether oxygens (including phenoxy) is 2. The number of nitrogens with zero attached hydrogens (tertiary/aromatic N) is 4. The van der Waals surface area contributed by atoms with Crippen LogP contribution in [-0.2, 0) is 22.4 Å². The van der Waals surface area contributed by atoms with E-state index in [0.717, 1.165) is 0 Å². The fourth-order valence-electron chi connectivity index (χ4n) is 7.60. The summed E-state index contributed by atoms with van der Waals surface area (Å²) in [6.07, 6.45) is 6.62. The number of nitrogens with one attached hydrogen (secondary N) is 2. The summed E-state index contributed by atoms with van der Waals surface area (Å²) in [7, 11) is 0. The van der Waals surface area contributed by atoms with Gasteiger partial charge in [-0.15, -0.1) is 0 Å². The van der Waals surface area contributed by atoms with Crippen molar-refractivity contribution in [3.63, 3.8) is 0 Å². The van der Waals surface area contributed by atoms with Gasteiger partial charge < -0.3 is 80.3 Å². The number of aromatic amines is 2. The van der Waals surface area contributed by atoms with Crippen LogP contribution in [0.15, 0.2) is 49.3 Å². The number of carbonyl (C=O) groups is 4. The molecule has 320 valence electrons. The van der Waals surface area contributed by atoms with Crippen LogP contribution in [0.5, 0.6) is 23.0 Å². The third-order valence-electron chi connectivity index (χ3n) is 10.7. The van der Waals surface area contributed by atoms with Crippen molar-refractivity contribution in [3.8, 4) is 23.0 Å². The van der Waals surface area contributed by atoms with E-state index in [1.165, 1.54) is 24.8 Å². The van der Waals surface area contributed by atoms with Crippen molar-refractivity contribution in [2.45, 2.75) is 62.6 Å². The molecular formula is C36H44B2N8Na2O14. The number of benzene rings is 2. The molecule has 8 rings (SSSR count). The Labute approximate surface area is 397 Å². The van der Waals surface area contributed by atoms with E-state index in [9.17, 15) is 49.5 Å². The number of hydrogen-bond acceptors (Lipinski definition) is 16. The van der Waals surface area contributed by atoms with Crippen LogP contribution in [-0.4, -0.2) is 136 Å². The number of carbonyl (C=O) groups excluding carboxylic acids is 2. The van der Waals surface area contributed by atoms with Crippen molar-refractivity contribution in [2.24, 2.45) is 11.5 Å². The molecular weight excluding hydrogens is 836 g/mol. The van der Waals surface area contributed by atoms with Crippen molar-refractivity contribution in [2.75, 3.05) is 26.2 Å². The Hall–Kier alpha value is -4.17. The van der Waals surface area contributed by atoms with E-state index in [4.69, 9.17) is 30.2 Å². The third kappa shape index (κ3) is 10.9. The number of aromatic nitrogens is 4. The predicted octanol–water partition coefficient (Wildman–Crippen LogP) is -6.70. The number of fused-ring (bicyclic) bond motifs is 2. The van der Waals surface area contributed by atoms with E-state index >= 15 is 0 Å². The number of carboxylic acid groups (broad SMARTS) is 2. The molecule has 0 spiro atoms. The van der Waals surface area contributed by atoms with Gasteiger partial charge in [-0.25, -0.2) is 19.6 Å². The van der Waals surface area contributed by atoms with Crippen molar-refractivity contribution >= 4 is 37.3 Å². The molecule has 2 aromatic heterocycles. The normalized spacial score (nSPS) is 20.2. The first-order valence-corrected chi connectivity index (χ1v) is 19.3. The largest absolute Gasteiger partial charge is 1.00 e. The second-order valence-corrected chi connectivity index (χ2v) is 15.1. The van der Waals surface area contributed by atoms with Gasteiger partial charge in [0.1, 0.15) is 46.9 Å². The molecule has 0 radical (unpaired) electrons. The first kappa shape index (κ1) is 48.9. The molecule has 4 aliphatic rings. The maximum atomic E-state index is 12.6. The molecule has 6 heterocycles. The topological polar surface area (TPSA) is 342 Å². The van der Waals surface area contributed by atoms with Crippen LogP contribution in [0, 0.1) is 0 Å². The second-order valence-electron chi connectivity index (χ2n) is 15.1. The molecule has 2 aromatic carbocycles. The number of imidazole rings is 2. The maximum absolute atomic E-state index is 12.6. The molecule has 2 saturated heterocycles. The fourth-order valence-corrected chi connectivity index (χ4v) is 7.60. The summed E-state index contributed by atoms with van der Waals surface area (Å²) in [6.45, 7) is -4.94. The first-order valence-electron chi connectivity index (χ1n) is 19.3. The number of amides is 2. The molecule has 4 aliphatic heterocycles. The summed E-state index contributed by atoms with van der Waals surface area (Å²) >= 11 is 0. The number of hydrogen-bond donors (Lipinski definition) is 10. The van der Waals surface area contributed by atoms with Gasteiger partial charge in [0.15, 0.2) is 0 Å². The number of likely N-dealkylation sites (tertiary alicyclic amines) is 2. The molecule has 4 atom stereocenters. The molecule has 2 amide bonds. The summed E-state index contributed by atoms with van der Waals surface area (Å²) in [4.78, 5) is 65.6. The molecule has 4 aromatic rings. The minimum atomic E-state index is -3.11. The van der Waals surface area contributed by atoms with Crippen LogP contribution in [0.4, 0.5) is 0 Å². The Morgan fingerprint density at radius 2 is 1.08 bits per heavy atom. The van der Waals surface area contributed by atoms with Gasteiger partial charge in [0.2, 0.25) is 11.8 Å². The molecule has 62 heavy (non-hydrogen) atoms. The SMILES string of the molecule is NC(C(=O)N1CC[C@H](Oc2ccc3c(c2C(=O)O)O[B-](O)(O)CC3)C1)c1c[nH]cn1.NC(C(=O)N1CC[C@H](Oc2ccc3c(c2C(=O)O)O[B-](O)(O)CC3)C1)c1c[nH]cn1.[Na+].[Na+]. The molecule has 2 fully saturated rings. The fraction of sp³-hybridized carbons (Fsp3) is 0.389. The number of aryl methyl sites for hydroxylation is 2. The van der Waals surface area contributed by atoms with Gasteiger partial charge in [0.05, 0.1) is 48.6 Å². The average Bonchev–Trinajstić information content (AvgIpc) is 4.05. The number of carboxylic acids is 2. The van der Waals surface area contributed by atoms with Crippen LogP contribution >= 0.6 is 0 Å². The molecule has 22 nitrogen and oxygen atoms in total. The second kappa shape index (κ2) is 20.1. The first-order chi connectivity index (χ1) is 28.5.